The minimum Gasteiger partial charge on any atom is -0.454 e. The molecule has 7 heteroatoms. The summed E-state index contributed by atoms with van der Waals surface area (Å²) in [5, 5.41) is 3.56. The molecule has 29 heavy (non-hydrogen) atoms. The SMILES string of the molecule is O=C(NCc1c(-c2ccc3c(c2)OCO3)nc2ccc(Cl)cn12)c1ccccc1. The van der Waals surface area contributed by atoms with Gasteiger partial charge >= 0.3 is 0 Å². The second-order valence-corrected chi connectivity index (χ2v) is 7.04. The van der Waals surface area contributed by atoms with Crippen molar-refractivity contribution in [3.63, 3.8) is 0 Å². The zero-order valence-corrected chi connectivity index (χ0v) is 16.0. The van der Waals surface area contributed by atoms with E-state index >= 15 is 0 Å². The molecule has 2 aromatic heterocycles. The number of carbonyl (C=O) groups excluding carboxylic acids is 1. The lowest BCUT2D eigenvalue weighted by Crippen LogP contribution is -2.23. The highest BCUT2D eigenvalue weighted by molar-refractivity contribution is 6.30. The molecule has 0 saturated heterocycles. The maximum Gasteiger partial charge on any atom is 0.251 e. The molecule has 1 N–H and O–H groups in total. The van der Waals surface area contributed by atoms with Gasteiger partial charge in [-0.25, -0.2) is 4.98 Å². The molecule has 0 radical (unpaired) electrons. The Morgan fingerprint density at radius 1 is 1.07 bits per heavy atom. The standard InChI is InChI=1S/C22H16ClN3O3/c23-16-7-9-20-25-21(15-6-8-18-19(10-15)29-13-28-18)17(26(20)12-16)11-24-22(27)14-4-2-1-3-5-14/h1-10,12H,11,13H2,(H,24,27). The highest BCUT2D eigenvalue weighted by Crippen LogP contribution is 2.37. The molecule has 6 nitrogen and oxygen atoms in total. The van der Waals surface area contributed by atoms with Gasteiger partial charge in [0, 0.05) is 17.3 Å². The molecule has 5 rings (SSSR count). The van der Waals surface area contributed by atoms with Crippen molar-refractivity contribution in [1.29, 1.82) is 0 Å². The number of imidazole rings is 1. The molecular weight excluding hydrogens is 390 g/mol. The number of rotatable bonds is 4. The summed E-state index contributed by atoms with van der Waals surface area (Å²) in [5.74, 6) is 1.23. The number of amides is 1. The molecular formula is C22H16ClN3O3. The van der Waals surface area contributed by atoms with E-state index in [2.05, 4.69) is 5.32 Å². The second kappa shape index (κ2) is 7.14. The number of pyridine rings is 1. The highest BCUT2D eigenvalue weighted by Gasteiger charge is 2.19. The maximum absolute atomic E-state index is 12.5. The smallest absolute Gasteiger partial charge is 0.251 e. The Hall–Kier alpha value is -3.51. The predicted octanol–water partition coefficient (Wildman–Crippen LogP) is 4.31. The van der Waals surface area contributed by atoms with Gasteiger partial charge in [-0.15, -0.1) is 0 Å². The number of nitrogens with one attached hydrogen (secondary N) is 1. The van der Waals surface area contributed by atoms with Crippen molar-refractivity contribution in [2.45, 2.75) is 6.54 Å². The first-order valence-corrected chi connectivity index (χ1v) is 9.46. The molecule has 1 aliphatic rings. The van der Waals surface area contributed by atoms with Crippen LogP contribution in [0.4, 0.5) is 0 Å². The van der Waals surface area contributed by atoms with E-state index in [1.807, 2.05) is 46.9 Å². The molecule has 2 aromatic carbocycles. The quantitative estimate of drug-likeness (QED) is 0.549. The fraction of sp³-hybridized carbons (Fsp3) is 0.0909. The number of aromatic nitrogens is 2. The van der Waals surface area contributed by atoms with Crippen LogP contribution in [0.2, 0.25) is 5.02 Å². The first kappa shape index (κ1) is 17.6. The third kappa shape index (κ3) is 3.28. The number of halogens is 1. The molecule has 0 bridgehead atoms. The summed E-state index contributed by atoms with van der Waals surface area (Å²) >= 11 is 6.21. The van der Waals surface area contributed by atoms with Crippen molar-refractivity contribution < 1.29 is 14.3 Å². The molecule has 1 amide bonds. The summed E-state index contributed by atoms with van der Waals surface area (Å²) in [6.45, 7) is 0.499. The van der Waals surface area contributed by atoms with Crippen LogP contribution < -0.4 is 14.8 Å². The van der Waals surface area contributed by atoms with E-state index in [9.17, 15) is 4.79 Å². The molecule has 0 fully saturated rings. The summed E-state index contributed by atoms with van der Waals surface area (Å²) in [6, 6.07) is 18.4. The molecule has 1 aliphatic heterocycles. The van der Waals surface area contributed by atoms with E-state index in [4.69, 9.17) is 26.1 Å². The van der Waals surface area contributed by atoms with Crippen LogP contribution in [-0.2, 0) is 6.54 Å². The van der Waals surface area contributed by atoms with Crippen molar-refractivity contribution in [1.82, 2.24) is 14.7 Å². The van der Waals surface area contributed by atoms with Crippen LogP contribution in [0, 0.1) is 0 Å². The van der Waals surface area contributed by atoms with Crippen LogP contribution in [0.25, 0.3) is 16.9 Å². The largest absolute Gasteiger partial charge is 0.454 e. The van der Waals surface area contributed by atoms with Crippen molar-refractivity contribution in [2.75, 3.05) is 6.79 Å². The predicted molar refractivity (Wildman–Crippen MR) is 109 cm³/mol. The van der Waals surface area contributed by atoms with Crippen LogP contribution in [0.5, 0.6) is 11.5 Å². The van der Waals surface area contributed by atoms with Crippen molar-refractivity contribution in [3.05, 3.63) is 83.1 Å². The zero-order chi connectivity index (χ0) is 19.8. The number of hydrogen-bond acceptors (Lipinski definition) is 4. The fourth-order valence-corrected chi connectivity index (χ4v) is 3.53. The summed E-state index contributed by atoms with van der Waals surface area (Å²) in [5.41, 5.74) is 3.79. The van der Waals surface area contributed by atoms with Gasteiger partial charge in [0.05, 0.1) is 23.0 Å². The van der Waals surface area contributed by atoms with E-state index in [-0.39, 0.29) is 12.7 Å². The van der Waals surface area contributed by atoms with Gasteiger partial charge in [-0.2, -0.15) is 0 Å². The maximum atomic E-state index is 12.5. The van der Waals surface area contributed by atoms with Gasteiger partial charge in [-0.1, -0.05) is 29.8 Å². The van der Waals surface area contributed by atoms with E-state index in [1.54, 1.807) is 24.4 Å². The zero-order valence-electron chi connectivity index (χ0n) is 15.3. The van der Waals surface area contributed by atoms with Gasteiger partial charge in [-0.05, 0) is 42.5 Å². The highest BCUT2D eigenvalue weighted by atomic mass is 35.5. The summed E-state index contributed by atoms with van der Waals surface area (Å²) in [4.78, 5) is 17.3. The average molecular weight is 406 g/mol. The lowest BCUT2D eigenvalue weighted by atomic mass is 10.1. The van der Waals surface area contributed by atoms with Crippen LogP contribution in [0.1, 0.15) is 16.1 Å². The molecule has 4 aromatic rings. The van der Waals surface area contributed by atoms with E-state index in [1.165, 1.54) is 0 Å². The number of carbonyl (C=O) groups is 1. The molecule has 0 atom stereocenters. The van der Waals surface area contributed by atoms with E-state index < -0.39 is 0 Å². The second-order valence-electron chi connectivity index (χ2n) is 6.60. The van der Waals surface area contributed by atoms with Crippen molar-refractivity contribution >= 4 is 23.2 Å². The Bertz CT molecular complexity index is 1220. The Morgan fingerprint density at radius 2 is 1.90 bits per heavy atom. The monoisotopic (exact) mass is 405 g/mol. The van der Waals surface area contributed by atoms with Gasteiger partial charge < -0.3 is 19.2 Å². The van der Waals surface area contributed by atoms with Crippen molar-refractivity contribution in [2.24, 2.45) is 0 Å². The molecule has 0 saturated carbocycles. The minimum atomic E-state index is -0.154. The lowest BCUT2D eigenvalue weighted by Gasteiger charge is -2.09. The van der Waals surface area contributed by atoms with Crippen LogP contribution in [0.3, 0.4) is 0 Å². The summed E-state index contributed by atoms with van der Waals surface area (Å²) in [6.07, 6.45) is 1.80. The Balaban J connectivity index is 1.55. The van der Waals surface area contributed by atoms with Gasteiger partial charge in [0.15, 0.2) is 11.5 Å². The van der Waals surface area contributed by atoms with Crippen LogP contribution in [-0.4, -0.2) is 22.1 Å². The van der Waals surface area contributed by atoms with Crippen LogP contribution in [0.15, 0.2) is 66.9 Å². The lowest BCUT2D eigenvalue weighted by molar-refractivity contribution is 0.0950. The van der Waals surface area contributed by atoms with Gasteiger partial charge in [0.1, 0.15) is 5.65 Å². The van der Waals surface area contributed by atoms with Gasteiger partial charge in [-0.3, -0.25) is 4.79 Å². The molecule has 0 spiro atoms. The molecule has 0 aliphatic carbocycles. The third-order valence-corrected chi connectivity index (χ3v) is 5.00. The molecule has 144 valence electrons. The third-order valence-electron chi connectivity index (χ3n) is 4.78. The van der Waals surface area contributed by atoms with E-state index in [0.717, 1.165) is 22.6 Å². The number of fused-ring (bicyclic) bond motifs is 2. The number of hydrogen-bond donors (Lipinski definition) is 1. The van der Waals surface area contributed by atoms with Crippen LogP contribution >= 0.6 is 11.6 Å². The number of benzene rings is 2. The Labute approximate surface area is 171 Å². The number of ether oxygens (including phenoxy) is 2. The summed E-state index contributed by atoms with van der Waals surface area (Å²) in [7, 11) is 0. The molecule has 0 unspecified atom stereocenters. The topological polar surface area (TPSA) is 64.9 Å². The normalized spacial score (nSPS) is 12.3. The fourth-order valence-electron chi connectivity index (χ4n) is 3.37. The van der Waals surface area contributed by atoms with Crippen molar-refractivity contribution in [3.8, 4) is 22.8 Å². The number of nitrogens with zero attached hydrogens (tertiary/aromatic N) is 2. The van der Waals surface area contributed by atoms with Gasteiger partial charge in [0.2, 0.25) is 6.79 Å². The van der Waals surface area contributed by atoms with Gasteiger partial charge in [0.25, 0.3) is 5.91 Å². The first-order chi connectivity index (χ1) is 14.2. The Morgan fingerprint density at radius 3 is 2.76 bits per heavy atom. The molecule has 3 heterocycles. The Kier molecular flexibility index (Phi) is 4.33. The minimum absolute atomic E-state index is 0.154. The van der Waals surface area contributed by atoms with E-state index in [0.29, 0.717) is 28.6 Å². The average Bonchev–Trinajstić information content (AvgIpc) is 3.36. The first-order valence-electron chi connectivity index (χ1n) is 9.09. The summed E-state index contributed by atoms with van der Waals surface area (Å²) < 4.78 is 12.8.